The number of ether oxygens (including phenoxy) is 2. The zero-order valence-corrected chi connectivity index (χ0v) is 17.8. The molecule has 2 amide bonds. The van der Waals surface area contributed by atoms with E-state index in [1.807, 2.05) is 0 Å². The van der Waals surface area contributed by atoms with Gasteiger partial charge in [-0.3, -0.25) is 0 Å². The van der Waals surface area contributed by atoms with Crippen LogP contribution < -0.4 is 15.5 Å². The topological polar surface area (TPSA) is 88.6 Å². The summed E-state index contributed by atoms with van der Waals surface area (Å²) in [5.74, 6) is -0.480. The Morgan fingerprint density at radius 1 is 1.15 bits per heavy atom. The second-order valence-corrected chi connectivity index (χ2v) is 7.65. The summed E-state index contributed by atoms with van der Waals surface area (Å²) in [6, 6.07) is 9.84. The Hall–Kier alpha value is -3.63. The van der Waals surface area contributed by atoms with Crippen molar-refractivity contribution < 1.29 is 23.0 Å². The highest BCUT2D eigenvalue weighted by Crippen LogP contribution is 2.38. The van der Waals surface area contributed by atoms with E-state index in [-0.39, 0.29) is 36.4 Å². The highest BCUT2D eigenvalue weighted by Gasteiger charge is 2.32. The van der Waals surface area contributed by atoms with Crippen molar-refractivity contribution in [2.75, 3.05) is 30.0 Å². The van der Waals surface area contributed by atoms with Gasteiger partial charge in [-0.15, -0.1) is 0 Å². The number of nitrogens with zero attached hydrogens (tertiary/aromatic N) is 3. The van der Waals surface area contributed by atoms with Crippen LogP contribution in [-0.4, -0.2) is 42.0 Å². The molecule has 10 heteroatoms. The number of carbonyl (C=O) groups excluding carboxylic acids is 1. The van der Waals surface area contributed by atoms with E-state index in [2.05, 4.69) is 20.6 Å². The summed E-state index contributed by atoms with van der Waals surface area (Å²) in [5.41, 5.74) is 2.50. The van der Waals surface area contributed by atoms with Crippen LogP contribution in [0.3, 0.4) is 0 Å². The second-order valence-electron chi connectivity index (χ2n) is 7.65. The number of nitrogens with one attached hydrogen (secondary N) is 2. The molecule has 2 N–H and O–H groups in total. The van der Waals surface area contributed by atoms with Crippen molar-refractivity contribution in [3.63, 3.8) is 0 Å². The van der Waals surface area contributed by atoms with Crippen molar-refractivity contribution in [3.8, 4) is 11.3 Å². The number of urea groups is 1. The van der Waals surface area contributed by atoms with E-state index in [4.69, 9.17) is 9.47 Å². The minimum atomic E-state index is -0.569. The number of aryl methyl sites for hydroxylation is 1. The lowest BCUT2D eigenvalue weighted by Crippen LogP contribution is -2.42. The molecule has 3 heterocycles. The average Bonchev–Trinajstić information content (AvgIpc) is 3.32. The standard InChI is InChI=1S/C23H21F2N5O3/c1-13-10-14(24)6-7-15(13)20-16-11-27-23(31)30(18-5-3-2-4-17(18)25)21(16)29-22(28-20)26-12-19-32-8-9-33-19/h2-7,10,19H,8-9,11-12H2,1H3,(H,27,31)(H,26,28,29). The van der Waals surface area contributed by atoms with Crippen LogP contribution in [0.15, 0.2) is 42.5 Å². The highest BCUT2D eigenvalue weighted by molar-refractivity contribution is 6.02. The minimum Gasteiger partial charge on any atom is -0.349 e. The molecule has 1 aromatic heterocycles. The molecule has 0 aliphatic carbocycles. The maximum Gasteiger partial charge on any atom is 0.328 e. The van der Waals surface area contributed by atoms with Crippen molar-refractivity contribution >= 4 is 23.5 Å². The van der Waals surface area contributed by atoms with E-state index in [1.165, 1.54) is 29.2 Å². The van der Waals surface area contributed by atoms with Gasteiger partial charge in [0.2, 0.25) is 5.95 Å². The van der Waals surface area contributed by atoms with Crippen molar-refractivity contribution in [1.29, 1.82) is 0 Å². The number of carbonyl (C=O) groups is 1. The van der Waals surface area contributed by atoms with Gasteiger partial charge in [0.15, 0.2) is 12.1 Å². The number of hydrogen-bond donors (Lipinski definition) is 2. The predicted molar refractivity (Wildman–Crippen MR) is 117 cm³/mol. The van der Waals surface area contributed by atoms with Gasteiger partial charge < -0.3 is 20.1 Å². The number of para-hydroxylation sites is 1. The zero-order chi connectivity index (χ0) is 22.9. The number of fused-ring (bicyclic) bond motifs is 1. The molecule has 33 heavy (non-hydrogen) atoms. The molecule has 2 aliphatic rings. The Kier molecular flexibility index (Phi) is 5.61. The van der Waals surface area contributed by atoms with E-state index in [1.54, 1.807) is 25.1 Å². The monoisotopic (exact) mass is 453 g/mol. The van der Waals surface area contributed by atoms with E-state index >= 15 is 0 Å². The summed E-state index contributed by atoms with van der Waals surface area (Å²) in [5, 5.41) is 5.84. The van der Waals surface area contributed by atoms with Crippen molar-refractivity contribution in [1.82, 2.24) is 15.3 Å². The SMILES string of the molecule is Cc1cc(F)ccc1-c1nc(NCC2OCCO2)nc2c1CNC(=O)N2c1ccccc1F. The lowest BCUT2D eigenvalue weighted by atomic mass is 10.00. The van der Waals surface area contributed by atoms with Gasteiger partial charge in [0.1, 0.15) is 11.6 Å². The van der Waals surface area contributed by atoms with Crippen molar-refractivity contribution in [3.05, 3.63) is 65.2 Å². The number of amides is 2. The first kappa shape index (κ1) is 21.2. The molecule has 0 bridgehead atoms. The Labute approximate surface area is 188 Å². The molecule has 3 aromatic rings. The first-order valence-corrected chi connectivity index (χ1v) is 10.5. The number of rotatable bonds is 5. The molecule has 8 nitrogen and oxygen atoms in total. The first-order chi connectivity index (χ1) is 16.0. The van der Waals surface area contributed by atoms with E-state index < -0.39 is 18.1 Å². The molecule has 0 radical (unpaired) electrons. The molecule has 2 aliphatic heterocycles. The molecule has 1 saturated heterocycles. The Morgan fingerprint density at radius 3 is 2.70 bits per heavy atom. The molecule has 5 rings (SSSR count). The van der Waals surface area contributed by atoms with Gasteiger partial charge in [0.25, 0.3) is 0 Å². The Morgan fingerprint density at radius 2 is 1.94 bits per heavy atom. The maximum atomic E-state index is 14.7. The molecule has 1 fully saturated rings. The Balaban J connectivity index is 1.65. The third kappa shape index (κ3) is 4.10. The van der Waals surface area contributed by atoms with Crippen molar-refractivity contribution in [2.45, 2.75) is 19.8 Å². The summed E-state index contributed by atoms with van der Waals surface area (Å²) in [6.45, 7) is 3.19. The summed E-state index contributed by atoms with van der Waals surface area (Å²) in [7, 11) is 0. The van der Waals surface area contributed by atoms with Gasteiger partial charge in [-0.2, -0.15) is 4.98 Å². The van der Waals surface area contributed by atoms with Crippen LogP contribution in [-0.2, 0) is 16.0 Å². The third-order valence-corrected chi connectivity index (χ3v) is 5.47. The fraction of sp³-hybridized carbons (Fsp3) is 0.261. The smallest absolute Gasteiger partial charge is 0.328 e. The van der Waals surface area contributed by atoms with E-state index in [9.17, 15) is 13.6 Å². The quantitative estimate of drug-likeness (QED) is 0.610. The fourth-order valence-electron chi connectivity index (χ4n) is 3.91. The summed E-state index contributed by atoms with van der Waals surface area (Å²) >= 11 is 0. The number of anilines is 3. The lowest BCUT2D eigenvalue weighted by molar-refractivity contribution is -0.0300. The van der Waals surface area contributed by atoms with Crippen LogP contribution in [0.2, 0.25) is 0 Å². The number of hydrogen-bond acceptors (Lipinski definition) is 6. The molecule has 2 aromatic carbocycles. The largest absolute Gasteiger partial charge is 0.349 e. The second kappa shape index (κ2) is 8.72. The van der Waals surface area contributed by atoms with Gasteiger partial charge in [-0.05, 0) is 42.8 Å². The van der Waals surface area contributed by atoms with Crippen LogP contribution in [0, 0.1) is 18.6 Å². The van der Waals surface area contributed by atoms with Crippen LogP contribution in [0.1, 0.15) is 11.1 Å². The summed E-state index contributed by atoms with van der Waals surface area (Å²) < 4.78 is 39.3. The number of halogens is 2. The highest BCUT2D eigenvalue weighted by atomic mass is 19.1. The molecular formula is C23H21F2N5O3. The normalized spacial score (nSPS) is 16.0. The Bertz CT molecular complexity index is 1220. The maximum absolute atomic E-state index is 14.7. The fourth-order valence-corrected chi connectivity index (χ4v) is 3.91. The first-order valence-electron chi connectivity index (χ1n) is 10.5. The summed E-state index contributed by atoms with van der Waals surface area (Å²) in [4.78, 5) is 23.2. The number of benzene rings is 2. The van der Waals surface area contributed by atoms with Crippen LogP contribution in [0.4, 0.5) is 31.0 Å². The minimum absolute atomic E-state index is 0.0600. The zero-order valence-electron chi connectivity index (χ0n) is 17.8. The number of aromatic nitrogens is 2. The lowest BCUT2D eigenvalue weighted by Gasteiger charge is -2.30. The van der Waals surface area contributed by atoms with Gasteiger partial charge in [-0.25, -0.2) is 23.5 Å². The van der Waals surface area contributed by atoms with Crippen molar-refractivity contribution in [2.24, 2.45) is 0 Å². The molecule has 0 unspecified atom stereocenters. The van der Waals surface area contributed by atoms with E-state index in [0.29, 0.717) is 35.6 Å². The van der Waals surface area contributed by atoms with Crippen LogP contribution in [0.25, 0.3) is 11.3 Å². The van der Waals surface area contributed by atoms with Gasteiger partial charge in [-0.1, -0.05) is 12.1 Å². The van der Waals surface area contributed by atoms with Gasteiger partial charge >= 0.3 is 6.03 Å². The molecular weight excluding hydrogens is 432 g/mol. The van der Waals surface area contributed by atoms with Gasteiger partial charge in [0, 0.05) is 11.1 Å². The molecule has 0 saturated carbocycles. The molecule has 170 valence electrons. The molecule has 0 spiro atoms. The third-order valence-electron chi connectivity index (χ3n) is 5.47. The van der Waals surface area contributed by atoms with Gasteiger partial charge in [0.05, 0.1) is 37.7 Å². The van der Waals surface area contributed by atoms with E-state index in [0.717, 1.165) is 0 Å². The van der Waals surface area contributed by atoms with Crippen LogP contribution in [0.5, 0.6) is 0 Å². The molecule has 0 atom stereocenters. The predicted octanol–water partition coefficient (Wildman–Crippen LogP) is 3.88. The average molecular weight is 453 g/mol. The van der Waals surface area contributed by atoms with Crippen LogP contribution >= 0.6 is 0 Å². The summed E-state index contributed by atoms with van der Waals surface area (Å²) in [6.07, 6.45) is -0.452.